The normalized spacial score (nSPS) is 22.9. The second-order valence-electron chi connectivity index (χ2n) is 5.61. The van der Waals surface area contributed by atoms with Gasteiger partial charge in [-0.25, -0.2) is 0 Å². The number of hydrogen-bond acceptors (Lipinski definition) is 2. The van der Waals surface area contributed by atoms with Gasteiger partial charge in [0.25, 0.3) is 0 Å². The fraction of sp³-hybridized carbons (Fsp3) is 0.562. The van der Waals surface area contributed by atoms with E-state index in [1.54, 1.807) is 0 Å². The van der Waals surface area contributed by atoms with Crippen LogP contribution in [0.4, 0.5) is 11.4 Å². The maximum Gasteiger partial charge on any atom is 0.240 e. The van der Waals surface area contributed by atoms with Crippen LogP contribution in [0.5, 0.6) is 0 Å². The number of halogens is 1. The Balaban J connectivity index is 1.89. The summed E-state index contributed by atoms with van der Waals surface area (Å²) in [4.78, 5) is 16.5. The minimum atomic E-state index is -0.00849. The van der Waals surface area contributed by atoms with E-state index in [9.17, 15) is 4.79 Å². The van der Waals surface area contributed by atoms with Crippen molar-refractivity contribution < 1.29 is 4.79 Å². The molecule has 2 aliphatic rings. The first-order chi connectivity index (χ1) is 9.70. The smallest absolute Gasteiger partial charge is 0.240 e. The van der Waals surface area contributed by atoms with Crippen LogP contribution in [-0.2, 0) is 11.2 Å². The summed E-state index contributed by atoms with van der Waals surface area (Å²) in [6.45, 7) is 5.34. The van der Waals surface area contributed by atoms with E-state index in [1.165, 1.54) is 37.2 Å². The van der Waals surface area contributed by atoms with E-state index < -0.39 is 0 Å². The SMILES string of the molecule is CCc1cc(N2CCC(Br)C2=O)ccc1N1CCCC1. The van der Waals surface area contributed by atoms with E-state index in [2.05, 4.69) is 46.0 Å². The van der Waals surface area contributed by atoms with Crippen molar-refractivity contribution in [2.24, 2.45) is 0 Å². The maximum atomic E-state index is 12.1. The van der Waals surface area contributed by atoms with Gasteiger partial charge in [-0.15, -0.1) is 0 Å². The zero-order chi connectivity index (χ0) is 14.1. The Morgan fingerprint density at radius 1 is 1.25 bits per heavy atom. The Hall–Kier alpha value is -1.03. The zero-order valence-corrected chi connectivity index (χ0v) is 13.5. The monoisotopic (exact) mass is 336 g/mol. The summed E-state index contributed by atoms with van der Waals surface area (Å²) >= 11 is 3.45. The Labute approximate surface area is 129 Å². The standard InChI is InChI=1S/C16H21BrN2O/c1-2-12-11-13(19-10-7-14(17)16(19)20)5-6-15(12)18-8-3-4-9-18/h5-6,11,14H,2-4,7-10H2,1H3. The van der Waals surface area contributed by atoms with Gasteiger partial charge in [0.2, 0.25) is 5.91 Å². The molecule has 2 saturated heterocycles. The summed E-state index contributed by atoms with van der Waals surface area (Å²) in [6.07, 6.45) is 4.50. The number of benzene rings is 1. The average molecular weight is 337 g/mol. The van der Waals surface area contributed by atoms with Crippen LogP contribution in [0.3, 0.4) is 0 Å². The van der Waals surface area contributed by atoms with Gasteiger partial charge in [-0.2, -0.15) is 0 Å². The van der Waals surface area contributed by atoms with E-state index in [4.69, 9.17) is 0 Å². The molecule has 0 saturated carbocycles. The molecule has 0 bridgehead atoms. The van der Waals surface area contributed by atoms with Gasteiger partial charge in [-0.3, -0.25) is 4.79 Å². The third-order valence-corrected chi connectivity index (χ3v) is 5.19. The lowest BCUT2D eigenvalue weighted by Crippen LogP contribution is -2.27. The predicted octanol–water partition coefficient (Wildman–Crippen LogP) is 3.35. The van der Waals surface area contributed by atoms with E-state index >= 15 is 0 Å². The number of carbonyl (C=O) groups is 1. The highest BCUT2D eigenvalue weighted by atomic mass is 79.9. The third-order valence-electron chi connectivity index (χ3n) is 4.34. The number of alkyl halides is 1. The van der Waals surface area contributed by atoms with Gasteiger partial charge in [0.05, 0.1) is 4.83 Å². The van der Waals surface area contributed by atoms with Crippen molar-refractivity contribution >= 4 is 33.2 Å². The highest BCUT2D eigenvalue weighted by molar-refractivity contribution is 9.10. The number of rotatable bonds is 3. The minimum absolute atomic E-state index is 0.00849. The molecule has 1 amide bonds. The lowest BCUT2D eigenvalue weighted by atomic mass is 10.1. The molecule has 0 N–H and O–H groups in total. The average Bonchev–Trinajstić information content (AvgIpc) is 3.10. The molecule has 3 nitrogen and oxygen atoms in total. The third kappa shape index (κ3) is 2.46. The fourth-order valence-corrected chi connectivity index (χ4v) is 3.64. The molecular weight excluding hydrogens is 316 g/mol. The first-order valence-electron chi connectivity index (χ1n) is 7.54. The molecule has 2 fully saturated rings. The number of nitrogens with zero attached hydrogens (tertiary/aromatic N) is 2. The van der Waals surface area contributed by atoms with Crippen molar-refractivity contribution in [1.82, 2.24) is 0 Å². The van der Waals surface area contributed by atoms with Gasteiger partial charge in [0.1, 0.15) is 0 Å². The van der Waals surface area contributed by atoms with Crippen LogP contribution in [-0.4, -0.2) is 30.4 Å². The van der Waals surface area contributed by atoms with Crippen molar-refractivity contribution in [3.05, 3.63) is 23.8 Å². The molecule has 0 aliphatic carbocycles. The highest BCUT2D eigenvalue weighted by Crippen LogP contribution is 2.32. The molecule has 0 radical (unpaired) electrons. The molecule has 1 atom stereocenters. The van der Waals surface area contributed by atoms with Crippen LogP contribution in [0, 0.1) is 0 Å². The molecule has 1 unspecified atom stereocenters. The molecule has 2 heterocycles. The predicted molar refractivity (Wildman–Crippen MR) is 87.0 cm³/mol. The summed E-state index contributed by atoms with van der Waals surface area (Å²) in [5.41, 5.74) is 3.77. The zero-order valence-electron chi connectivity index (χ0n) is 11.9. The largest absolute Gasteiger partial charge is 0.371 e. The molecule has 4 heteroatoms. The number of hydrogen-bond donors (Lipinski definition) is 0. The topological polar surface area (TPSA) is 23.6 Å². The first kappa shape index (κ1) is 13.9. The lowest BCUT2D eigenvalue weighted by molar-refractivity contribution is -0.116. The van der Waals surface area contributed by atoms with Crippen LogP contribution in [0.15, 0.2) is 18.2 Å². The number of amides is 1. The van der Waals surface area contributed by atoms with E-state index in [1.807, 2.05) is 4.90 Å². The summed E-state index contributed by atoms with van der Waals surface area (Å²) in [5.74, 6) is 0.195. The Morgan fingerprint density at radius 3 is 2.60 bits per heavy atom. The van der Waals surface area contributed by atoms with Crippen molar-refractivity contribution in [3.63, 3.8) is 0 Å². The summed E-state index contributed by atoms with van der Waals surface area (Å²) in [7, 11) is 0. The van der Waals surface area contributed by atoms with Gasteiger partial charge in [-0.1, -0.05) is 22.9 Å². The molecule has 2 aliphatic heterocycles. The van der Waals surface area contributed by atoms with Crippen LogP contribution >= 0.6 is 15.9 Å². The molecule has 108 valence electrons. The maximum absolute atomic E-state index is 12.1. The van der Waals surface area contributed by atoms with Crippen molar-refractivity contribution in [1.29, 1.82) is 0 Å². The number of aryl methyl sites for hydroxylation is 1. The quantitative estimate of drug-likeness (QED) is 0.790. The molecule has 20 heavy (non-hydrogen) atoms. The van der Waals surface area contributed by atoms with Crippen molar-refractivity contribution in [2.75, 3.05) is 29.4 Å². The lowest BCUT2D eigenvalue weighted by Gasteiger charge is -2.24. The number of carbonyl (C=O) groups excluding carboxylic acids is 1. The molecule has 3 rings (SSSR count). The van der Waals surface area contributed by atoms with Crippen molar-refractivity contribution in [3.8, 4) is 0 Å². The molecule has 1 aromatic carbocycles. The van der Waals surface area contributed by atoms with Crippen LogP contribution < -0.4 is 9.80 Å². The fourth-order valence-electron chi connectivity index (χ4n) is 3.19. The van der Waals surface area contributed by atoms with E-state index in [0.717, 1.165) is 25.1 Å². The van der Waals surface area contributed by atoms with Gasteiger partial charge < -0.3 is 9.80 Å². The second kappa shape index (κ2) is 5.76. The summed E-state index contributed by atoms with van der Waals surface area (Å²) in [5, 5.41) is 0. The molecular formula is C16H21BrN2O. The first-order valence-corrected chi connectivity index (χ1v) is 8.45. The Bertz CT molecular complexity index is 511. The minimum Gasteiger partial charge on any atom is -0.371 e. The second-order valence-corrected chi connectivity index (χ2v) is 6.71. The molecule has 0 spiro atoms. The van der Waals surface area contributed by atoms with E-state index in [-0.39, 0.29) is 10.7 Å². The van der Waals surface area contributed by atoms with Crippen LogP contribution in [0.1, 0.15) is 31.7 Å². The van der Waals surface area contributed by atoms with E-state index in [0.29, 0.717) is 0 Å². The molecule has 0 aromatic heterocycles. The van der Waals surface area contributed by atoms with Gasteiger partial charge in [-0.05, 0) is 49.4 Å². The van der Waals surface area contributed by atoms with Gasteiger partial charge >= 0.3 is 0 Å². The summed E-state index contributed by atoms with van der Waals surface area (Å²) < 4.78 is 0. The van der Waals surface area contributed by atoms with Crippen LogP contribution in [0.25, 0.3) is 0 Å². The summed E-state index contributed by atoms with van der Waals surface area (Å²) in [6, 6.07) is 6.51. The van der Waals surface area contributed by atoms with Gasteiger partial charge in [0, 0.05) is 31.0 Å². The Kier molecular flexibility index (Phi) is 4.01. The van der Waals surface area contributed by atoms with Crippen molar-refractivity contribution in [2.45, 2.75) is 37.4 Å². The Morgan fingerprint density at radius 2 is 2.00 bits per heavy atom. The van der Waals surface area contributed by atoms with Crippen LogP contribution in [0.2, 0.25) is 0 Å². The van der Waals surface area contributed by atoms with Gasteiger partial charge in [0.15, 0.2) is 0 Å². The molecule has 1 aromatic rings. The highest BCUT2D eigenvalue weighted by Gasteiger charge is 2.30. The number of anilines is 2.